The molecular formula is C19H27N3O3S. The van der Waals surface area contributed by atoms with Crippen molar-refractivity contribution in [1.82, 2.24) is 10.2 Å². The molecule has 2 amide bonds. The Balaban J connectivity index is 1.83. The van der Waals surface area contributed by atoms with E-state index >= 15 is 0 Å². The summed E-state index contributed by atoms with van der Waals surface area (Å²) in [7, 11) is 0. The summed E-state index contributed by atoms with van der Waals surface area (Å²) < 4.78 is 0. The van der Waals surface area contributed by atoms with Crippen LogP contribution in [0.1, 0.15) is 33.1 Å². The minimum absolute atomic E-state index is 0.0276. The molecule has 3 rings (SSSR count). The number of amides is 2. The van der Waals surface area contributed by atoms with Gasteiger partial charge in [-0.15, -0.1) is 11.8 Å². The van der Waals surface area contributed by atoms with E-state index in [1.807, 2.05) is 43.0 Å². The van der Waals surface area contributed by atoms with Gasteiger partial charge in [0.15, 0.2) is 0 Å². The molecular weight excluding hydrogens is 350 g/mol. The van der Waals surface area contributed by atoms with Crippen molar-refractivity contribution < 1.29 is 14.7 Å². The first-order chi connectivity index (χ1) is 12.5. The van der Waals surface area contributed by atoms with Gasteiger partial charge in [-0.05, 0) is 45.2 Å². The van der Waals surface area contributed by atoms with Crippen molar-refractivity contribution in [2.45, 2.75) is 55.5 Å². The van der Waals surface area contributed by atoms with Crippen LogP contribution in [0.3, 0.4) is 0 Å². The number of nitrogens with one attached hydrogen (secondary N) is 1. The lowest BCUT2D eigenvalue weighted by Gasteiger charge is -2.41. The van der Waals surface area contributed by atoms with Gasteiger partial charge in [-0.3, -0.25) is 9.59 Å². The van der Waals surface area contributed by atoms with Gasteiger partial charge in [0.2, 0.25) is 11.8 Å². The molecule has 2 N–H and O–H groups in total. The Hall–Kier alpha value is -1.73. The van der Waals surface area contributed by atoms with Gasteiger partial charge in [0.05, 0.1) is 12.2 Å². The lowest BCUT2D eigenvalue weighted by Crippen LogP contribution is -2.55. The Bertz CT molecular complexity index is 661. The maximum Gasteiger partial charge on any atom is 0.240 e. The van der Waals surface area contributed by atoms with E-state index in [2.05, 4.69) is 5.32 Å². The lowest BCUT2D eigenvalue weighted by molar-refractivity contribution is -0.133. The number of hydrogen-bond acceptors (Lipinski definition) is 5. The Morgan fingerprint density at radius 2 is 1.92 bits per heavy atom. The quantitative estimate of drug-likeness (QED) is 0.837. The molecule has 2 aliphatic rings. The molecule has 2 heterocycles. The zero-order valence-electron chi connectivity index (χ0n) is 15.4. The molecule has 142 valence electrons. The first kappa shape index (κ1) is 19.0. The summed E-state index contributed by atoms with van der Waals surface area (Å²) in [5, 5.41) is 13.2. The molecule has 1 aromatic rings. The van der Waals surface area contributed by atoms with E-state index in [0.717, 1.165) is 42.9 Å². The monoisotopic (exact) mass is 377 g/mol. The van der Waals surface area contributed by atoms with Crippen LogP contribution in [-0.4, -0.2) is 59.0 Å². The number of carbonyl (C=O) groups excluding carboxylic acids is 2. The van der Waals surface area contributed by atoms with Gasteiger partial charge in [-0.1, -0.05) is 12.1 Å². The highest BCUT2D eigenvalue weighted by atomic mass is 32.2. The van der Waals surface area contributed by atoms with Crippen LogP contribution in [0.25, 0.3) is 0 Å². The number of fused-ring (bicyclic) bond motifs is 1. The number of hydrogen-bond donors (Lipinski definition) is 2. The third kappa shape index (κ3) is 4.15. The number of para-hydroxylation sites is 1. The number of nitrogens with zero attached hydrogens (tertiary/aromatic N) is 2. The van der Waals surface area contributed by atoms with Gasteiger partial charge in [-0.2, -0.15) is 0 Å². The first-order valence-corrected chi connectivity index (χ1v) is 10.1. The molecule has 0 bridgehead atoms. The van der Waals surface area contributed by atoms with E-state index < -0.39 is 11.5 Å². The molecule has 2 atom stereocenters. The molecule has 26 heavy (non-hydrogen) atoms. The first-order valence-electron chi connectivity index (χ1n) is 9.26. The highest BCUT2D eigenvalue weighted by Crippen LogP contribution is 2.41. The van der Waals surface area contributed by atoms with Gasteiger partial charge < -0.3 is 20.2 Å². The summed E-state index contributed by atoms with van der Waals surface area (Å²) in [5.41, 5.74) is 0.798. The second-order valence-corrected chi connectivity index (χ2v) is 8.34. The van der Waals surface area contributed by atoms with Crippen molar-refractivity contribution >= 4 is 29.3 Å². The van der Waals surface area contributed by atoms with E-state index in [1.165, 1.54) is 11.8 Å². The van der Waals surface area contributed by atoms with Crippen LogP contribution in [0, 0.1) is 0 Å². The molecule has 6 nitrogen and oxygen atoms in total. The fourth-order valence-electron chi connectivity index (χ4n) is 3.47. The Labute approximate surface area is 158 Å². The molecule has 1 fully saturated rings. The molecule has 2 unspecified atom stereocenters. The minimum Gasteiger partial charge on any atom is -0.372 e. The van der Waals surface area contributed by atoms with Crippen LogP contribution < -0.4 is 10.2 Å². The molecule has 7 heteroatoms. The smallest absolute Gasteiger partial charge is 0.240 e. The maximum absolute atomic E-state index is 13.0. The topological polar surface area (TPSA) is 72.9 Å². The van der Waals surface area contributed by atoms with Crippen LogP contribution in [-0.2, 0) is 9.59 Å². The number of thioether (sulfide) groups is 1. The molecule has 1 saturated heterocycles. The second-order valence-electron chi connectivity index (χ2n) is 7.16. The summed E-state index contributed by atoms with van der Waals surface area (Å²) in [6.07, 6.45) is 2.14. The molecule has 2 aliphatic heterocycles. The minimum atomic E-state index is -1.03. The number of aliphatic hydroxyl groups is 1. The van der Waals surface area contributed by atoms with Gasteiger partial charge in [-0.25, -0.2) is 0 Å². The molecule has 1 aromatic carbocycles. The fourth-order valence-corrected chi connectivity index (χ4v) is 4.73. The molecule has 0 aromatic heterocycles. The predicted molar refractivity (Wildman–Crippen MR) is 103 cm³/mol. The van der Waals surface area contributed by atoms with Crippen molar-refractivity contribution in [2.24, 2.45) is 0 Å². The number of anilines is 1. The summed E-state index contributed by atoms with van der Waals surface area (Å²) in [4.78, 5) is 29.7. The van der Waals surface area contributed by atoms with Crippen LogP contribution in [0.2, 0.25) is 0 Å². The molecule has 0 spiro atoms. The van der Waals surface area contributed by atoms with Crippen molar-refractivity contribution in [2.75, 3.05) is 24.5 Å². The van der Waals surface area contributed by atoms with E-state index in [1.54, 1.807) is 4.90 Å². The summed E-state index contributed by atoms with van der Waals surface area (Å²) in [6.45, 7) is 5.32. The number of rotatable bonds is 4. The van der Waals surface area contributed by atoms with Crippen LogP contribution >= 0.6 is 11.8 Å². The number of likely N-dealkylation sites (tertiary alicyclic amines) is 1. The molecule has 0 saturated carbocycles. The van der Waals surface area contributed by atoms with Gasteiger partial charge >= 0.3 is 0 Å². The van der Waals surface area contributed by atoms with E-state index in [-0.39, 0.29) is 24.4 Å². The van der Waals surface area contributed by atoms with E-state index in [0.29, 0.717) is 0 Å². The van der Waals surface area contributed by atoms with Crippen molar-refractivity contribution in [3.8, 4) is 0 Å². The Morgan fingerprint density at radius 3 is 2.62 bits per heavy atom. The fraction of sp³-hybridized carbons (Fsp3) is 0.579. The van der Waals surface area contributed by atoms with E-state index in [9.17, 15) is 14.7 Å². The number of carbonyl (C=O) groups is 2. The third-order valence-corrected chi connectivity index (χ3v) is 5.99. The van der Waals surface area contributed by atoms with Crippen molar-refractivity contribution in [3.63, 3.8) is 0 Å². The average Bonchev–Trinajstić information content (AvgIpc) is 2.63. The van der Waals surface area contributed by atoms with Gasteiger partial charge in [0.25, 0.3) is 0 Å². The molecule has 0 radical (unpaired) electrons. The number of piperidine rings is 1. The number of aliphatic hydroxyl groups excluding tert-OH is 1. The lowest BCUT2D eigenvalue weighted by atomic mass is 10.1. The summed E-state index contributed by atoms with van der Waals surface area (Å²) in [5.74, 6) is -0.198. The standard InChI is InChI=1S/C19H27N3O3S/c1-13(2)20-16(23)12-22-14-8-4-5-9-15(14)26-17(19(22)25)18(24)21-10-6-3-7-11-21/h4-5,8-9,13,17,19,25H,3,6-7,10-12H2,1-2H3,(H,20,23). The van der Waals surface area contributed by atoms with E-state index in [4.69, 9.17) is 0 Å². The normalized spacial score (nSPS) is 22.9. The SMILES string of the molecule is CC(C)NC(=O)CN1c2ccccc2SC(C(=O)N2CCCCC2)C1O. The van der Waals surface area contributed by atoms with Crippen molar-refractivity contribution in [3.05, 3.63) is 24.3 Å². The Morgan fingerprint density at radius 1 is 1.23 bits per heavy atom. The van der Waals surface area contributed by atoms with Crippen LogP contribution in [0.4, 0.5) is 5.69 Å². The average molecular weight is 378 g/mol. The zero-order chi connectivity index (χ0) is 18.7. The maximum atomic E-state index is 13.0. The second kappa shape index (κ2) is 8.31. The zero-order valence-corrected chi connectivity index (χ0v) is 16.2. The highest BCUT2D eigenvalue weighted by Gasteiger charge is 2.40. The largest absolute Gasteiger partial charge is 0.372 e. The highest BCUT2D eigenvalue weighted by molar-refractivity contribution is 8.01. The Kier molecular flexibility index (Phi) is 6.09. The van der Waals surface area contributed by atoms with Gasteiger partial charge in [0.1, 0.15) is 11.5 Å². The summed E-state index contributed by atoms with van der Waals surface area (Å²) in [6, 6.07) is 7.65. The van der Waals surface area contributed by atoms with Crippen LogP contribution in [0.15, 0.2) is 29.2 Å². The predicted octanol–water partition coefficient (Wildman–Crippen LogP) is 1.82. The van der Waals surface area contributed by atoms with Crippen molar-refractivity contribution in [1.29, 1.82) is 0 Å². The van der Waals surface area contributed by atoms with Gasteiger partial charge in [0, 0.05) is 24.0 Å². The van der Waals surface area contributed by atoms with Crippen LogP contribution in [0.5, 0.6) is 0 Å². The number of benzene rings is 1. The molecule has 0 aliphatic carbocycles. The summed E-state index contributed by atoms with van der Waals surface area (Å²) >= 11 is 1.40. The third-order valence-electron chi connectivity index (χ3n) is 4.69.